The van der Waals surface area contributed by atoms with Gasteiger partial charge in [-0.05, 0) is 49.7 Å². The van der Waals surface area contributed by atoms with Crippen LogP contribution >= 0.6 is 0 Å². The lowest BCUT2D eigenvalue weighted by Gasteiger charge is -2.31. The van der Waals surface area contributed by atoms with Crippen molar-refractivity contribution in [1.29, 1.82) is 0 Å². The molecule has 0 radical (unpaired) electrons. The molecule has 7 heteroatoms. The van der Waals surface area contributed by atoms with E-state index < -0.39 is 0 Å². The van der Waals surface area contributed by atoms with Crippen molar-refractivity contribution < 1.29 is 13.9 Å². The fourth-order valence-electron chi connectivity index (χ4n) is 4.44. The van der Waals surface area contributed by atoms with E-state index in [1.807, 2.05) is 48.7 Å². The topological polar surface area (TPSA) is 76.4 Å². The van der Waals surface area contributed by atoms with Crippen LogP contribution in [0.4, 0.5) is 0 Å². The van der Waals surface area contributed by atoms with E-state index in [0.29, 0.717) is 5.92 Å². The number of nitrogens with one attached hydrogen (secondary N) is 1. The fourth-order valence-corrected chi connectivity index (χ4v) is 4.44. The number of H-pyrrole nitrogens is 1. The molecule has 1 N–H and O–H groups in total. The van der Waals surface area contributed by atoms with Crippen LogP contribution in [-0.2, 0) is 6.54 Å². The first kappa shape index (κ1) is 17.5. The maximum absolute atomic E-state index is 6.04. The minimum atomic E-state index is 0.277. The van der Waals surface area contributed by atoms with Crippen molar-refractivity contribution in [2.75, 3.05) is 19.9 Å². The molecule has 30 heavy (non-hydrogen) atoms. The lowest BCUT2D eigenvalue weighted by Crippen LogP contribution is -2.34. The summed E-state index contributed by atoms with van der Waals surface area (Å²) in [6.45, 7) is 3.09. The standard InChI is InChI=1S/C23H22N4O3/c1-2-6-19-18(5-1)25-23(30-19)16-4-3-9-27(12-16)13-17-11-24-26-22(17)15-7-8-20-21(10-15)29-14-28-20/h1-2,5-8,10-11,16H,3-4,9,12-14H2,(H,24,26). The second-order valence-corrected chi connectivity index (χ2v) is 7.93. The zero-order valence-corrected chi connectivity index (χ0v) is 16.5. The minimum Gasteiger partial charge on any atom is -0.454 e. The molecular formula is C23H22N4O3. The van der Waals surface area contributed by atoms with E-state index in [-0.39, 0.29) is 6.79 Å². The number of aromatic amines is 1. The van der Waals surface area contributed by atoms with Crippen molar-refractivity contribution in [1.82, 2.24) is 20.1 Å². The molecule has 152 valence electrons. The zero-order valence-electron chi connectivity index (χ0n) is 16.5. The van der Waals surface area contributed by atoms with Gasteiger partial charge in [0.05, 0.1) is 11.9 Å². The molecule has 6 rings (SSSR count). The second-order valence-electron chi connectivity index (χ2n) is 7.93. The van der Waals surface area contributed by atoms with Crippen molar-refractivity contribution in [3.63, 3.8) is 0 Å². The maximum Gasteiger partial charge on any atom is 0.231 e. The highest BCUT2D eigenvalue weighted by Gasteiger charge is 2.26. The molecule has 0 amide bonds. The van der Waals surface area contributed by atoms with Crippen LogP contribution in [0.1, 0.15) is 30.2 Å². The molecule has 0 aliphatic carbocycles. The fraction of sp³-hybridized carbons (Fsp3) is 0.304. The van der Waals surface area contributed by atoms with E-state index in [4.69, 9.17) is 18.9 Å². The van der Waals surface area contributed by atoms with Crippen LogP contribution in [0.2, 0.25) is 0 Å². The van der Waals surface area contributed by atoms with Crippen molar-refractivity contribution in [2.24, 2.45) is 0 Å². The molecule has 2 aliphatic heterocycles. The number of rotatable bonds is 4. The maximum atomic E-state index is 6.04. The number of piperidine rings is 1. The Labute approximate surface area is 173 Å². The molecule has 1 atom stereocenters. The van der Waals surface area contributed by atoms with Gasteiger partial charge in [0.25, 0.3) is 0 Å². The number of benzene rings is 2. The Balaban J connectivity index is 1.21. The molecule has 0 saturated carbocycles. The molecule has 2 aliphatic rings. The number of fused-ring (bicyclic) bond motifs is 2. The van der Waals surface area contributed by atoms with E-state index >= 15 is 0 Å². The Morgan fingerprint density at radius 3 is 3.00 bits per heavy atom. The SMILES string of the molecule is c1ccc2oc(C3CCCN(Cc4cn[nH]c4-c4ccc5c(c4)OCO5)C3)nc2c1. The van der Waals surface area contributed by atoms with Crippen LogP contribution < -0.4 is 9.47 Å². The largest absolute Gasteiger partial charge is 0.454 e. The van der Waals surface area contributed by atoms with Gasteiger partial charge in [-0.25, -0.2) is 4.98 Å². The molecule has 1 unspecified atom stereocenters. The van der Waals surface area contributed by atoms with Crippen LogP contribution in [-0.4, -0.2) is 40.0 Å². The number of likely N-dealkylation sites (tertiary alicyclic amines) is 1. The van der Waals surface area contributed by atoms with Gasteiger partial charge in [0.2, 0.25) is 6.79 Å². The average molecular weight is 402 g/mol. The quantitative estimate of drug-likeness (QED) is 0.548. The van der Waals surface area contributed by atoms with E-state index in [9.17, 15) is 0 Å². The third-order valence-corrected chi connectivity index (χ3v) is 5.94. The molecule has 0 bridgehead atoms. The lowest BCUT2D eigenvalue weighted by molar-refractivity contribution is 0.174. The summed E-state index contributed by atoms with van der Waals surface area (Å²) in [6.07, 6.45) is 4.15. The molecule has 7 nitrogen and oxygen atoms in total. The molecule has 4 aromatic rings. The van der Waals surface area contributed by atoms with Gasteiger partial charge >= 0.3 is 0 Å². The Kier molecular flexibility index (Phi) is 4.19. The zero-order chi connectivity index (χ0) is 19.9. The number of nitrogens with zero attached hydrogens (tertiary/aromatic N) is 3. The number of aromatic nitrogens is 3. The van der Waals surface area contributed by atoms with Crippen LogP contribution in [0, 0.1) is 0 Å². The normalized spacial score (nSPS) is 18.9. The number of hydrogen-bond acceptors (Lipinski definition) is 6. The molecule has 2 aromatic heterocycles. The summed E-state index contributed by atoms with van der Waals surface area (Å²) < 4.78 is 17.0. The first-order valence-corrected chi connectivity index (χ1v) is 10.3. The Bertz CT molecular complexity index is 1170. The Morgan fingerprint density at radius 2 is 2.03 bits per heavy atom. The summed E-state index contributed by atoms with van der Waals surface area (Å²) >= 11 is 0. The van der Waals surface area contributed by atoms with E-state index in [1.165, 1.54) is 5.56 Å². The average Bonchev–Trinajstić information content (AvgIpc) is 3.52. The number of ether oxygens (including phenoxy) is 2. The summed E-state index contributed by atoms with van der Waals surface area (Å²) in [5.74, 6) is 2.73. The van der Waals surface area contributed by atoms with Crippen LogP contribution in [0.3, 0.4) is 0 Å². The summed E-state index contributed by atoms with van der Waals surface area (Å²) in [4.78, 5) is 7.19. The number of oxazole rings is 1. The minimum absolute atomic E-state index is 0.277. The van der Waals surface area contributed by atoms with Gasteiger partial charge in [0.15, 0.2) is 23.0 Å². The Morgan fingerprint density at radius 1 is 1.10 bits per heavy atom. The van der Waals surface area contributed by atoms with Crippen LogP contribution in [0.5, 0.6) is 11.5 Å². The molecule has 2 aromatic carbocycles. The first-order chi connectivity index (χ1) is 14.8. The van der Waals surface area contributed by atoms with Gasteiger partial charge in [-0.15, -0.1) is 0 Å². The van der Waals surface area contributed by atoms with Crippen LogP contribution in [0.25, 0.3) is 22.4 Å². The van der Waals surface area contributed by atoms with E-state index in [2.05, 4.69) is 15.1 Å². The van der Waals surface area contributed by atoms with Gasteiger partial charge in [0.1, 0.15) is 5.52 Å². The third kappa shape index (κ3) is 3.11. The number of hydrogen-bond donors (Lipinski definition) is 1. The van der Waals surface area contributed by atoms with Crippen LogP contribution in [0.15, 0.2) is 53.1 Å². The van der Waals surface area contributed by atoms with Crippen molar-refractivity contribution in [3.8, 4) is 22.8 Å². The van der Waals surface area contributed by atoms with Gasteiger partial charge in [-0.1, -0.05) is 12.1 Å². The monoisotopic (exact) mass is 402 g/mol. The summed E-state index contributed by atoms with van der Waals surface area (Å²) in [5, 5.41) is 7.47. The smallest absolute Gasteiger partial charge is 0.231 e. The first-order valence-electron chi connectivity index (χ1n) is 10.3. The molecule has 1 saturated heterocycles. The van der Waals surface area contributed by atoms with Gasteiger partial charge in [-0.3, -0.25) is 10.00 Å². The molecule has 4 heterocycles. The predicted octanol–water partition coefficient (Wildman–Crippen LogP) is 4.33. The summed E-state index contributed by atoms with van der Waals surface area (Å²) in [6, 6.07) is 14.0. The van der Waals surface area contributed by atoms with E-state index in [1.54, 1.807) is 0 Å². The second kappa shape index (κ2) is 7.18. The highest BCUT2D eigenvalue weighted by atomic mass is 16.7. The van der Waals surface area contributed by atoms with Crippen molar-refractivity contribution in [3.05, 3.63) is 60.1 Å². The third-order valence-electron chi connectivity index (χ3n) is 5.94. The van der Waals surface area contributed by atoms with E-state index in [0.717, 1.165) is 72.2 Å². The lowest BCUT2D eigenvalue weighted by atomic mass is 9.97. The highest BCUT2D eigenvalue weighted by molar-refractivity contribution is 5.72. The van der Waals surface area contributed by atoms with Gasteiger partial charge in [0, 0.05) is 30.1 Å². The molecule has 0 spiro atoms. The molecule has 1 fully saturated rings. The van der Waals surface area contributed by atoms with Gasteiger partial charge in [-0.2, -0.15) is 5.10 Å². The number of para-hydroxylation sites is 2. The summed E-state index contributed by atoms with van der Waals surface area (Å²) in [7, 11) is 0. The summed E-state index contributed by atoms with van der Waals surface area (Å²) in [5.41, 5.74) is 5.05. The van der Waals surface area contributed by atoms with Gasteiger partial charge < -0.3 is 13.9 Å². The Hall–Kier alpha value is -3.32. The van der Waals surface area contributed by atoms with Crippen molar-refractivity contribution in [2.45, 2.75) is 25.3 Å². The van der Waals surface area contributed by atoms with Crippen molar-refractivity contribution >= 4 is 11.1 Å². The highest BCUT2D eigenvalue weighted by Crippen LogP contribution is 2.37. The molecular weight excluding hydrogens is 380 g/mol. The predicted molar refractivity (Wildman–Crippen MR) is 111 cm³/mol.